The average molecular weight is 489 g/mol. The third kappa shape index (κ3) is 16.0. The molecule has 0 bridgehead atoms. The molecule has 0 aliphatic rings. The fourth-order valence-corrected chi connectivity index (χ4v) is 5.02. The molecule has 1 rings (SSSR count). The predicted octanol–water partition coefficient (Wildman–Crippen LogP) is 10.1. The van der Waals surface area contributed by atoms with E-state index in [1.165, 1.54) is 89.9 Å². The van der Waals surface area contributed by atoms with Gasteiger partial charge in [0.15, 0.2) is 0 Å². The fraction of sp³-hybridized carbons (Fsp3) is 0.781. The van der Waals surface area contributed by atoms with Gasteiger partial charge in [-0.05, 0) is 49.1 Å². The van der Waals surface area contributed by atoms with Crippen LogP contribution in [0, 0.1) is 5.92 Å². The van der Waals surface area contributed by atoms with Gasteiger partial charge in [0.05, 0.1) is 6.61 Å². The van der Waals surface area contributed by atoms with Gasteiger partial charge < -0.3 is 9.84 Å². The molecule has 0 saturated carbocycles. The molecule has 0 aromatic heterocycles. The van der Waals surface area contributed by atoms with Crippen molar-refractivity contribution >= 4 is 5.97 Å². The van der Waals surface area contributed by atoms with Crippen LogP contribution >= 0.6 is 0 Å². The Balaban J connectivity index is 1.88. The van der Waals surface area contributed by atoms with Gasteiger partial charge in [-0.3, -0.25) is 4.79 Å². The molecule has 0 amide bonds. The third-order valence-corrected chi connectivity index (χ3v) is 7.58. The second kappa shape index (κ2) is 21.7. The Hall–Kier alpha value is -1.51. The molecule has 0 spiro atoms. The lowest BCUT2D eigenvalue weighted by atomic mass is 9.90. The van der Waals surface area contributed by atoms with Crippen molar-refractivity contribution in [3.8, 4) is 5.75 Å². The van der Waals surface area contributed by atoms with Crippen LogP contribution in [0.4, 0.5) is 0 Å². The quantitative estimate of drug-likeness (QED) is 0.123. The SMILES string of the molecule is CCCCC(CC)COC(=O)CCCCCCCCCCCCCCC(CC)c1ccccc1O. The number of phenols is 1. The van der Waals surface area contributed by atoms with Crippen molar-refractivity contribution in [1.29, 1.82) is 0 Å². The van der Waals surface area contributed by atoms with Crippen molar-refractivity contribution in [1.82, 2.24) is 0 Å². The largest absolute Gasteiger partial charge is 0.508 e. The first-order chi connectivity index (χ1) is 17.1. The summed E-state index contributed by atoms with van der Waals surface area (Å²) in [7, 11) is 0. The lowest BCUT2D eigenvalue weighted by Crippen LogP contribution is -2.13. The molecule has 0 saturated heterocycles. The Morgan fingerprint density at radius 1 is 0.743 bits per heavy atom. The fourth-order valence-electron chi connectivity index (χ4n) is 5.02. The van der Waals surface area contributed by atoms with E-state index in [9.17, 15) is 9.90 Å². The van der Waals surface area contributed by atoms with Gasteiger partial charge in [-0.2, -0.15) is 0 Å². The van der Waals surface area contributed by atoms with Crippen LogP contribution in [-0.4, -0.2) is 17.7 Å². The highest BCUT2D eigenvalue weighted by molar-refractivity contribution is 5.69. The summed E-state index contributed by atoms with van der Waals surface area (Å²) in [6.45, 7) is 7.25. The second-order valence-electron chi connectivity index (χ2n) is 10.5. The molecule has 0 radical (unpaired) electrons. The Morgan fingerprint density at radius 2 is 1.31 bits per heavy atom. The van der Waals surface area contributed by atoms with Crippen LogP contribution in [0.15, 0.2) is 24.3 Å². The zero-order valence-electron chi connectivity index (χ0n) is 23.4. The lowest BCUT2D eigenvalue weighted by Gasteiger charge is -2.16. The van der Waals surface area contributed by atoms with Gasteiger partial charge in [0.2, 0.25) is 0 Å². The zero-order valence-corrected chi connectivity index (χ0v) is 23.4. The van der Waals surface area contributed by atoms with Gasteiger partial charge in [-0.25, -0.2) is 0 Å². The van der Waals surface area contributed by atoms with Crippen molar-refractivity contribution in [2.45, 2.75) is 149 Å². The van der Waals surface area contributed by atoms with Crippen LogP contribution in [0.3, 0.4) is 0 Å². The summed E-state index contributed by atoms with van der Waals surface area (Å²) in [5.41, 5.74) is 1.12. The number of unbranched alkanes of at least 4 members (excludes halogenated alkanes) is 12. The number of phenolic OH excluding ortho intramolecular Hbond substituents is 1. The summed E-state index contributed by atoms with van der Waals surface area (Å²) in [4.78, 5) is 11.9. The molecule has 1 N–H and O–H groups in total. The minimum Gasteiger partial charge on any atom is -0.508 e. The third-order valence-electron chi connectivity index (χ3n) is 7.58. The summed E-state index contributed by atoms with van der Waals surface area (Å²) in [6, 6.07) is 7.83. The minimum atomic E-state index is 0.00313. The van der Waals surface area contributed by atoms with Crippen molar-refractivity contribution in [3.05, 3.63) is 29.8 Å². The first-order valence-electron chi connectivity index (χ1n) is 15.1. The van der Waals surface area contributed by atoms with Crippen molar-refractivity contribution < 1.29 is 14.6 Å². The van der Waals surface area contributed by atoms with Crippen molar-refractivity contribution in [2.24, 2.45) is 5.92 Å². The number of rotatable bonds is 23. The molecular weight excluding hydrogens is 432 g/mol. The molecule has 0 aliphatic heterocycles. The number of carbonyl (C=O) groups excluding carboxylic acids is 1. The number of aromatic hydroxyl groups is 1. The number of esters is 1. The van der Waals surface area contributed by atoms with Crippen LogP contribution in [0.2, 0.25) is 0 Å². The molecule has 2 atom stereocenters. The van der Waals surface area contributed by atoms with Gasteiger partial charge in [0.1, 0.15) is 5.75 Å². The molecule has 0 aliphatic carbocycles. The Kier molecular flexibility index (Phi) is 19.6. The Bertz CT molecular complexity index is 627. The first kappa shape index (κ1) is 31.5. The van der Waals surface area contributed by atoms with E-state index >= 15 is 0 Å². The van der Waals surface area contributed by atoms with E-state index in [-0.39, 0.29) is 5.97 Å². The molecule has 35 heavy (non-hydrogen) atoms. The smallest absolute Gasteiger partial charge is 0.305 e. The standard InChI is InChI=1S/C32H56O3/c1-4-7-22-28(5-2)27-35-32(34)26-19-17-15-13-11-9-8-10-12-14-16-18-23-29(6-3)30-24-20-21-25-31(30)33/h20-21,24-25,28-29,33H,4-19,22-23,26-27H2,1-3H3. The van der Waals surface area contributed by atoms with Gasteiger partial charge >= 0.3 is 5.97 Å². The van der Waals surface area contributed by atoms with E-state index in [4.69, 9.17) is 4.74 Å². The van der Waals surface area contributed by atoms with Crippen molar-refractivity contribution in [3.63, 3.8) is 0 Å². The second-order valence-corrected chi connectivity index (χ2v) is 10.5. The van der Waals surface area contributed by atoms with E-state index in [1.807, 2.05) is 18.2 Å². The minimum absolute atomic E-state index is 0.00313. The highest BCUT2D eigenvalue weighted by Crippen LogP contribution is 2.32. The van der Waals surface area contributed by atoms with Gasteiger partial charge in [0.25, 0.3) is 0 Å². The lowest BCUT2D eigenvalue weighted by molar-refractivity contribution is -0.145. The number of benzene rings is 1. The summed E-state index contributed by atoms with van der Waals surface area (Å²) >= 11 is 0. The molecule has 3 heteroatoms. The van der Waals surface area contributed by atoms with Gasteiger partial charge in [-0.1, -0.05) is 129 Å². The molecule has 2 unspecified atom stereocenters. The van der Waals surface area contributed by atoms with E-state index in [0.717, 1.165) is 31.2 Å². The van der Waals surface area contributed by atoms with Gasteiger partial charge in [0, 0.05) is 6.42 Å². The van der Waals surface area contributed by atoms with E-state index in [2.05, 4.69) is 26.8 Å². The van der Waals surface area contributed by atoms with E-state index in [1.54, 1.807) is 0 Å². The highest BCUT2D eigenvalue weighted by atomic mass is 16.5. The molecule has 0 heterocycles. The molecule has 0 fully saturated rings. The van der Waals surface area contributed by atoms with Gasteiger partial charge in [-0.15, -0.1) is 0 Å². The van der Waals surface area contributed by atoms with Crippen LogP contribution in [0.1, 0.15) is 154 Å². The number of para-hydroxylation sites is 1. The average Bonchev–Trinajstić information content (AvgIpc) is 2.87. The summed E-state index contributed by atoms with van der Waals surface area (Å²) in [6.07, 6.45) is 23.0. The number of carbonyl (C=O) groups is 1. The van der Waals surface area contributed by atoms with Crippen LogP contribution in [0.5, 0.6) is 5.75 Å². The maximum atomic E-state index is 11.9. The Morgan fingerprint density at radius 3 is 1.86 bits per heavy atom. The molecule has 1 aromatic carbocycles. The summed E-state index contributed by atoms with van der Waals surface area (Å²) in [5.74, 6) is 1.50. The number of hydrogen-bond acceptors (Lipinski definition) is 3. The van der Waals surface area contributed by atoms with E-state index in [0.29, 0.717) is 30.6 Å². The molecular formula is C32H56O3. The first-order valence-corrected chi connectivity index (χ1v) is 15.1. The Labute approximate surface area is 217 Å². The molecule has 3 nitrogen and oxygen atoms in total. The van der Waals surface area contributed by atoms with E-state index < -0.39 is 0 Å². The monoisotopic (exact) mass is 488 g/mol. The summed E-state index contributed by atoms with van der Waals surface area (Å²) in [5, 5.41) is 10.1. The molecule has 1 aromatic rings. The maximum Gasteiger partial charge on any atom is 0.305 e. The number of ether oxygens (including phenoxy) is 1. The summed E-state index contributed by atoms with van der Waals surface area (Å²) < 4.78 is 5.49. The van der Waals surface area contributed by atoms with Crippen LogP contribution in [-0.2, 0) is 9.53 Å². The molecule has 202 valence electrons. The topological polar surface area (TPSA) is 46.5 Å². The normalized spacial score (nSPS) is 13.0. The van der Waals surface area contributed by atoms with Crippen LogP contribution < -0.4 is 0 Å². The van der Waals surface area contributed by atoms with Crippen molar-refractivity contribution in [2.75, 3.05) is 6.61 Å². The predicted molar refractivity (Wildman–Crippen MR) is 150 cm³/mol. The maximum absolute atomic E-state index is 11.9. The zero-order chi connectivity index (χ0) is 25.6. The highest BCUT2D eigenvalue weighted by Gasteiger charge is 2.12. The van der Waals surface area contributed by atoms with Crippen LogP contribution in [0.25, 0.3) is 0 Å². The number of hydrogen-bond donors (Lipinski definition) is 1.